The number of carbonyl (C=O) groups is 1. The van der Waals surface area contributed by atoms with Gasteiger partial charge in [0.1, 0.15) is 4.90 Å². The third kappa shape index (κ3) is 3.95. The minimum absolute atomic E-state index is 0.0174. The van der Waals surface area contributed by atoms with Crippen molar-refractivity contribution in [3.8, 4) is 0 Å². The van der Waals surface area contributed by atoms with Crippen LogP contribution in [0.3, 0.4) is 0 Å². The van der Waals surface area contributed by atoms with E-state index in [2.05, 4.69) is 4.84 Å². The summed E-state index contributed by atoms with van der Waals surface area (Å²) in [6, 6.07) is 11.7. The van der Waals surface area contributed by atoms with Gasteiger partial charge in [0.05, 0.1) is 10.6 Å². The van der Waals surface area contributed by atoms with Crippen LogP contribution in [0.1, 0.15) is 10.4 Å². The lowest BCUT2D eigenvalue weighted by molar-refractivity contribution is 0.0407. The lowest BCUT2D eigenvalue weighted by Gasteiger charge is -2.08. The van der Waals surface area contributed by atoms with E-state index in [1.807, 2.05) is 0 Å². The first kappa shape index (κ1) is 15.8. The van der Waals surface area contributed by atoms with Gasteiger partial charge < -0.3 is 4.84 Å². The highest BCUT2D eigenvalue weighted by atomic mass is 35.5. The molecule has 0 aromatic heterocycles. The topological polar surface area (TPSA) is 72.5 Å². The van der Waals surface area contributed by atoms with Crippen LogP contribution in [0, 0.1) is 0 Å². The number of carbonyl (C=O) groups excluding carboxylic acids is 1. The summed E-state index contributed by atoms with van der Waals surface area (Å²) in [5.74, 6) is -0.881. The monoisotopic (exact) mass is 345 g/mol. The van der Waals surface area contributed by atoms with Crippen LogP contribution in [0.4, 0.5) is 0 Å². The van der Waals surface area contributed by atoms with Gasteiger partial charge in [0.2, 0.25) is 0 Å². The lowest BCUT2D eigenvalue weighted by atomic mass is 10.2. The minimum atomic E-state index is -4.06. The van der Waals surface area contributed by atoms with Crippen molar-refractivity contribution in [3.63, 3.8) is 0 Å². The van der Waals surface area contributed by atoms with Crippen LogP contribution in [0.5, 0.6) is 0 Å². The number of benzene rings is 2. The van der Waals surface area contributed by atoms with Gasteiger partial charge in [-0.2, -0.15) is 0 Å². The van der Waals surface area contributed by atoms with Crippen molar-refractivity contribution < 1.29 is 18.0 Å². The number of halogens is 2. The summed E-state index contributed by atoms with van der Waals surface area (Å²) in [4.78, 5) is 17.8. The van der Waals surface area contributed by atoms with Crippen molar-refractivity contribution in [2.75, 3.05) is 0 Å². The van der Waals surface area contributed by atoms with E-state index >= 15 is 0 Å². The molecule has 0 atom stereocenters. The fraction of sp³-hybridized carbons (Fsp3) is 0. The Hall–Kier alpha value is -1.60. The Morgan fingerprint density at radius 1 is 1.05 bits per heavy atom. The standard InChI is InChI=1S/C13H9Cl2NO4S/c14-10-5-3-4-9(8-10)13(17)20-16-21(18,19)12-7-2-1-6-11(12)15/h1-8,16H. The van der Waals surface area contributed by atoms with E-state index in [0.29, 0.717) is 5.02 Å². The van der Waals surface area contributed by atoms with Crippen LogP contribution in [0.25, 0.3) is 0 Å². The molecular weight excluding hydrogens is 337 g/mol. The summed E-state index contributed by atoms with van der Waals surface area (Å²) in [6.07, 6.45) is 0. The SMILES string of the molecule is O=C(ONS(=O)(=O)c1ccccc1Cl)c1cccc(Cl)c1. The Morgan fingerprint density at radius 3 is 2.43 bits per heavy atom. The van der Waals surface area contributed by atoms with E-state index in [1.54, 1.807) is 23.1 Å². The Labute approximate surface area is 131 Å². The summed E-state index contributed by atoms with van der Waals surface area (Å²) in [7, 11) is -4.06. The van der Waals surface area contributed by atoms with Crippen LogP contribution in [-0.4, -0.2) is 14.4 Å². The maximum Gasteiger partial charge on any atom is 0.357 e. The number of rotatable bonds is 4. The molecule has 0 fully saturated rings. The lowest BCUT2D eigenvalue weighted by Crippen LogP contribution is -2.27. The normalized spacial score (nSPS) is 11.1. The van der Waals surface area contributed by atoms with E-state index in [-0.39, 0.29) is 15.5 Å². The molecule has 1 N–H and O–H groups in total. The molecule has 8 heteroatoms. The number of hydrogen-bond acceptors (Lipinski definition) is 4. The molecule has 2 aromatic carbocycles. The zero-order valence-electron chi connectivity index (χ0n) is 10.4. The second-order valence-electron chi connectivity index (χ2n) is 3.92. The molecule has 0 saturated carbocycles. The summed E-state index contributed by atoms with van der Waals surface area (Å²) in [5.41, 5.74) is 0.115. The Balaban J connectivity index is 2.12. The van der Waals surface area contributed by atoms with Crippen molar-refractivity contribution in [2.24, 2.45) is 0 Å². The van der Waals surface area contributed by atoms with Crippen molar-refractivity contribution in [3.05, 3.63) is 64.1 Å². The van der Waals surface area contributed by atoms with Gasteiger partial charge in [0.15, 0.2) is 0 Å². The smallest absolute Gasteiger partial charge is 0.351 e. The van der Waals surface area contributed by atoms with Crippen LogP contribution in [0.15, 0.2) is 53.4 Å². The van der Waals surface area contributed by atoms with Gasteiger partial charge in [-0.1, -0.05) is 41.4 Å². The zero-order chi connectivity index (χ0) is 15.5. The molecular formula is C13H9Cl2NO4S. The second kappa shape index (κ2) is 6.44. The fourth-order valence-corrected chi connectivity index (χ4v) is 2.96. The first-order valence-corrected chi connectivity index (χ1v) is 7.87. The predicted octanol–water partition coefficient (Wildman–Crippen LogP) is 3.04. The molecule has 0 amide bonds. The van der Waals surface area contributed by atoms with Crippen LogP contribution >= 0.6 is 23.2 Å². The largest absolute Gasteiger partial charge is 0.357 e. The molecule has 0 radical (unpaired) electrons. The number of sulfonamides is 1. The van der Waals surface area contributed by atoms with E-state index in [0.717, 1.165) is 0 Å². The van der Waals surface area contributed by atoms with Gasteiger partial charge in [-0.3, -0.25) is 0 Å². The first-order valence-electron chi connectivity index (χ1n) is 5.63. The molecule has 2 rings (SSSR count). The highest BCUT2D eigenvalue weighted by Crippen LogP contribution is 2.20. The molecule has 0 aliphatic carbocycles. The summed E-state index contributed by atoms with van der Waals surface area (Å²) in [5, 5.41) is 0.349. The summed E-state index contributed by atoms with van der Waals surface area (Å²) in [6.45, 7) is 0. The quantitative estimate of drug-likeness (QED) is 0.864. The van der Waals surface area contributed by atoms with Crippen molar-refractivity contribution >= 4 is 39.2 Å². The van der Waals surface area contributed by atoms with Crippen LogP contribution in [-0.2, 0) is 14.9 Å². The Kier molecular flexibility index (Phi) is 4.84. The Morgan fingerprint density at radius 2 is 1.76 bits per heavy atom. The third-order valence-electron chi connectivity index (χ3n) is 2.43. The number of nitrogens with one attached hydrogen (secondary N) is 1. The predicted molar refractivity (Wildman–Crippen MR) is 78.6 cm³/mol. The van der Waals surface area contributed by atoms with Crippen molar-refractivity contribution in [1.29, 1.82) is 0 Å². The van der Waals surface area contributed by atoms with E-state index < -0.39 is 16.0 Å². The third-order valence-corrected chi connectivity index (χ3v) is 4.35. The van der Waals surface area contributed by atoms with Crippen LogP contribution in [0.2, 0.25) is 10.0 Å². The second-order valence-corrected chi connectivity index (χ2v) is 6.37. The molecule has 0 saturated heterocycles. The highest BCUT2D eigenvalue weighted by molar-refractivity contribution is 7.89. The van der Waals surface area contributed by atoms with Gasteiger partial charge in [0.25, 0.3) is 10.0 Å². The van der Waals surface area contributed by atoms with Gasteiger partial charge >= 0.3 is 5.97 Å². The van der Waals surface area contributed by atoms with Crippen molar-refractivity contribution in [1.82, 2.24) is 4.89 Å². The van der Waals surface area contributed by atoms with E-state index in [9.17, 15) is 13.2 Å². The van der Waals surface area contributed by atoms with Gasteiger partial charge in [-0.15, -0.1) is 0 Å². The molecule has 0 unspecified atom stereocenters. The molecule has 110 valence electrons. The van der Waals surface area contributed by atoms with Crippen LogP contribution < -0.4 is 4.89 Å². The molecule has 21 heavy (non-hydrogen) atoms. The average molecular weight is 346 g/mol. The first-order chi connectivity index (χ1) is 9.90. The fourth-order valence-electron chi connectivity index (χ4n) is 1.47. The molecule has 0 aliphatic heterocycles. The molecule has 5 nitrogen and oxygen atoms in total. The molecule has 2 aromatic rings. The molecule has 0 aliphatic rings. The molecule has 0 heterocycles. The maximum absolute atomic E-state index is 12.0. The number of hydrogen-bond donors (Lipinski definition) is 1. The minimum Gasteiger partial charge on any atom is -0.351 e. The molecule has 0 spiro atoms. The van der Waals surface area contributed by atoms with Crippen molar-refractivity contribution in [2.45, 2.75) is 4.90 Å². The summed E-state index contributed by atoms with van der Waals surface area (Å²) >= 11 is 11.5. The van der Waals surface area contributed by atoms with Gasteiger partial charge in [-0.05, 0) is 35.2 Å². The molecule has 0 bridgehead atoms. The van der Waals surface area contributed by atoms with E-state index in [1.165, 1.54) is 30.3 Å². The maximum atomic E-state index is 12.0. The van der Waals surface area contributed by atoms with Gasteiger partial charge in [-0.25, -0.2) is 13.2 Å². The highest BCUT2D eigenvalue weighted by Gasteiger charge is 2.20. The summed E-state index contributed by atoms with van der Waals surface area (Å²) < 4.78 is 23.9. The van der Waals surface area contributed by atoms with Gasteiger partial charge in [0, 0.05) is 5.02 Å². The Bertz CT molecular complexity index is 777. The van der Waals surface area contributed by atoms with E-state index in [4.69, 9.17) is 23.2 Å². The zero-order valence-corrected chi connectivity index (χ0v) is 12.7. The average Bonchev–Trinajstić information content (AvgIpc) is 2.45.